The van der Waals surface area contributed by atoms with Gasteiger partial charge in [-0.05, 0) is 18.6 Å². The first-order valence-corrected chi connectivity index (χ1v) is 3.80. The number of rotatable bonds is 2. The fourth-order valence-electron chi connectivity index (χ4n) is 1.03. The number of nitro groups is 1. The summed E-state index contributed by atoms with van der Waals surface area (Å²) in [5.74, 6) is -0.589. The van der Waals surface area contributed by atoms with Crippen molar-refractivity contribution >= 4 is 5.69 Å². The van der Waals surface area contributed by atoms with Crippen LogP contribution >= 0.6 is 0 Å². The first-order valence-electron chi connectivity index (χ1n) is 3.80. The highest BCUT2D eigenvalue weighted by Gasteiger charge is 2.31. The van der Waals surface area contributed by atoms with Gasteiger partial charge in [-0.2, -0.15) is 0 Å². The van der Waals surface area contributed by atoms with E-state index in [1.807, 2.05) is 0 Å². The van der Waals surface area contributed by atoms with E-state index < -0.39 is 22.7 Å². The van der Waals surface area contributed by atoms with E-state index in [2.05, 4.69) is 4.74 Å². The molecule has 0 radical (unpaired) electrons. The highest BCUT2D eigenvalue weighted by Crippen LogP contribution is 2.27. The molecule has 0 atom stereocenters. The number of alkyl halides is 3. The summed E-state index contributed by atoms with van der Waals surface area (Å²) in [6, 6.07) is 2.95. The van der Waals surface area contributed by atoms with Gasteiger partial charge < -0.3 is 4.74 Å². The third-order valence-corrected chi connectivity index (χ3v) is 1.48. The number of aryl methyl sites for hydroxylation is 1. The predicted molar refractivity (Wildman–Crippen MR) is 44.5 cm³/mol. The number of nitrogens with zero attached hydrogens (tertiary/aromatic N) is 1. The Morgan fingerprint density at radius 1 is 1.33 bits per heavy atom. The normalized spacial score (nSPS) is 11.2. The average Bonchev–Trinajstić information content (AvgIpc) is 1.99. The summed E-state index contributed by atoms with van der Waals surface area (Å²) in [6.45, 7) is 1.44. The molecule has 0 aliphatic heterocycles. The van der Waals surface area contributed by atoms with Gasteiger partial charge in [0.25, 0.3) is 5.69 Å². The molecule has 0 N–H and O–H groups in total. The van der Waals surface area contributed by atoms with E-state index in [0.29, 0.717) is 5.56 Å². The molecule has 0 amide bonds. The molecule has 0 unspecified atom stereocenters. The molecule has 1 aromatic carbocycles. The van der Waals surface area contributed by atoms with Crippen LogP contribution in [-0.2, 0) is 0 Å². The molecule has 7 heteroatoms. The first-order chi connectivity index (χ1) is 6.78. The molecule has 82 valence electrons. The Kier molecular flexibility index (Phi) is 2.83. The zero-order valence-electron chi connectivity index (χ0n) is 7.54. The maximum absolute atomic E-state index is 11.8. The first kappa shape index (κ1) is 11.3. The summed E-state index contributed by atoms with van der Waals surface area (Å²) in [6.07, 6.45) is -4.85. The highest BCUT2D eigenvalue weighted by molar-refractivity contribution is 5.42. The van der Waals surface area contributed by atoms with Crippen LogP contribution < -0.4 is 4.74 Å². The molecular formula is C8H6F3NO3. The van der Waals surface area contributed by atoms with Crippen molar-refractivity contribution in [1.82, 2.24) is 0 Å². The summed E-state index contributed by atoms with van der Waals surface area (Å²) < 4.78 is 39.0. The van der Waals surface area contributed by atoms with Crippen LogP contribution in [0.4, 0.5) is 18.9 Å². The van der Waals surface area contributed by atoms with Gasteiger partial charge in [-0.3, -0.25) is 10.1 Å². The van der Waals surface area contributed by atoms with Gasteiger partial charge in [-0.25, -0.2) is 0 Å². The average molecular weight is 221 g/mol. The molecule has 4 nitrogen and oxygen atoms in total. The van der Waals surface area contributed by atoms with Gasteiger partial charge >= 0.3 is 6.36 Å². The molecule has 0 aliphatic carbocycles. The van der Waals surface area contributed by atoms with E-state index in [1.54, 1.807) is 0 Å². The molecule has 0 saturated carbocycles. The van der Waals surface area contributed by atoms with E-state index in [-0.39, 0.29) is 0 Å². The summed E-state index contributed by atoms with van der Waals surface area (Å²) in [5.41, 5.74) is -0.113. The molecular weight excluding hydrogens is 215 g/mol. The monoisotopic (exact) mass is 221 g/mol. The van der Waals surface area contributed by atoms with E-state index in [9.17, 15) is 23.3 Å². The van der Waals surface area contributed by atoms with Crippen molar-refractivity contribution in [2.75, 3.05) is 0 Å². The minimum atomic E-state index is -4.85. The molecule has 0 heterocycles. The fourth-order valence-corrected chi connectivity index (χ4v) is 1.03. The van der Waals surface area contributed by atoms with Crippen LogP contribution in [0, 0.1) is 17.0 Å². The van der Waals surface area contributed by atoms with Gasteiger partial charge in [0, 0.05) is 6.07 Å². The second kappa shape index (κ2) is 3.76. The minimum absolute atomic E-state index is 0.323. The molecule has 0 spiro atoms. The fraction of sp³-hybridized carbons (Fsp3) is 0.250. The lowest BCUT2D eigenvalue weighted by Gasteiger charge is -2.08. The van der Waals surface area contributed by atoms with Crippen LogP contribution in [0.1, 0.15) is 5.56 Å². The smallest absolute Gasteiger partial charge is 0.406 e. The number of nitro benzene ring substituents is 1. The van der Waals surface area contributed by atoms with Crippen molar-refractivity contribution in [3.8, 4) is 5.75 Å². The quantitative estimate of drug-likeness (QED) is 0.569. The summed E-state index contributed by atoms with van der Waals surface area (Å²) in [7, 11) is 0. The Labute approximate surface area is 82.4 Å². The zero-order valence-corrected chi connectivity index (χ0v) is 7.54. The van der Waals surface area contributed by atoms with Gasteiger partial charge in [-0.1, -0.05) is 0 Å². The van der Waals surface area contributed by atoms with Crippen molar-refractivity contribution in [3.63, 3.8) is 0 Å². The minimum Gasteiger partial charge on any atom is -0.406 e. The lowest BCUT2D eigenvalue weighted by atomic mass is 10.2. The number of hydrogen-bond acceptors (Lipinski definition) is 3. The summed E-state index contributed by atoms with van der Waals surface area (Å²) >= 11 is 0. The molecule has 15 heavy (non-hydrogen) atoms. The van der Waals surface area contributed by atoms with Gasteiger partial charge in [0.15, 0.2) is 0 Å². The van der Waals surface area contributed by atoms with Crippen molar-refractivity contribution < 1.29 is 22.8 Å². The zero-order chi connectivity index (χ0) is 11.6. The van der Waals surface area contributed by atoms with Gasteiger partial charge in [0.1, 0.15) is 5.75 Å². The van der Waals surface area contributed by atoms with Crippen LogP contribution in [0.25, 0.3) is 0 Å². The standard InChI is InChI=1S/C8H6F3NO3/c1-5-2-6(12(13)14)4-7(3-5)15-8(9,10)11/h2-4H,1H3. The Morgan fingerprint density at radius 2 is 1.93 bits per heavy atom. The SMILES string of the molecule is Cc1cc(OC(F)(F)F)cc([N+](=O)[O-])c1. The maximum atomic E-state index is 11.8. The molecule has 0 saturated heterocycles. The Balaban J connectivity index is 3.04. The van der Waals surface area contributed by atoms with Crippen LogP contribution in [0.3, 0.4) is 0 Å². The van der Waals surface area contributed by atoms with E-state index in [0.717, 1.165) is 18.2 Å². The van der Waals surface area contributed by atoms with E-state index >= 15 is 0 Å². The maximum Gasteiger partial charge on any atom is 0.573 e. The van der Waals surface area contributed by atoms with Gasteiger partial charge in [0.2, 0.25) is 0 Å². The van der Waals surface area contributed by atoms with Crippen LogP contribution in [0.15, 0.2) is 18.2 Å². The summed E-state index contributed by atoms with van der Waals surface area (Å²) in [4.78, 5) is 9.56. The predicted octanol–water partition coefficient (Wildman–Crippen LogP) is 2.80. The van der Waals surface area contributed by atoms with Crippen LogP contribution in [0.2, 0.25) is 0 Å². The lowest BCUT2D eigenvalue weighted by Crippen LogP contribution is -2.17. The van der Waals surface area contributed by atoms with Gasteiger partial charge in [0.05, 0.1) is 11.0 Å². The second-order valence-corrected chi connectivity index (χ2v) is 2.81. The molecule has 0 fully saturated rings. The Bertz CT molecular complexity index is 389. The Hall–Kier alpha value is -1.79. The number of ether oxygens (including phenoxy) is 1. The van der Waals surface area contributed by atoms with E-state index in [4.69, 9.17) is 0 Å². The van der Waals surface area contributed by atoms with Crippen molar-refractivity contribution in [1.29, 1.82) is 0 Å². The molecule has 0 aromatic heterocycles. The Morgan fingerprint density at radius 3 is 2.40 bits per heavy atom. The molecule has 0 aliphatic rings. The van der Waals surface area contributed by atoms with Crippen molar-refractivity contribution in [2.24, 2.45) is 0 Å². The number of benzene rings is 1. The summed E-state index contributed by atoms with van der Waals surface area (Å²) in [5, 5.41) is 10.3. The van der Waals surface area contributed by atoms with Crippen molar-refractivity contribution in [3.05, 3.63) is 33.9 Å². The number of halogens is 3. The largest absolute Gasteiger partial charge is 0.573 e. The van der Waals surface area contributed by atoms with Crippen LogP contribution in [0.5, 0.6) is 5.75 Å². The topological polar surface area (TPSA) is 52.4 Å². The molecule has 1 rings (SSSR count). The highest BCUT2D eigenvalue weighted by atomic mass is 19.4. The number of hydrogen-bond donors (Lipinski definition) is 0. The lowest BCUT2D eigenvalue weighted by molar-refractivity contribution is -0.385. The molecule has 1 aromatic rings. The molecule has 0 bridgehead atoms. The second-order valence-electron chi connectivity index (χ2n) is 2.81. The van der Waals surface area contributed by atoms with Gasteiger partial charge in [-0.15, -0.1) is 13.2 Å². The van der Waals surface area contributed by atoms with Crippen molar-refractivity contribution in [2.45, 2.75) is 13.3 Å². The third kappa shape index (κ3) is 3.45. The third-order valence-electron chi connectivity index (χ3n) is 1.48. The number of non-ortho nitro benzene ring substituents is 1. The van der Waals surface area contributed by atoms with E-state index in [1.165, 1.54) is 6.92 Å². The van der Waals surface area contributed by atoms with Crippen LogP contribution in [-0.4, -0.2) is 11.3 Å².